The van der Waals surface area contributed by atoms with Crippen LogP contribution in [0.1, 0.15) is 26.7 Å². The van der Waals surface area contributed by atoms with Crippen LogP contribution in [0, 0.1) is 0 Å². The van der Waals surface area contributed by atoms with E-state index in [1.54, 1.807) is 0 Å². The zero-order valence-electron chi connectivity index (χ0n) is 5.81. The number of carbonyl (C=O) groups is 1. The van der Waals surface area contributed by atoms with Crippen molar-refractivity contribution in [3.63, 3.8) is 0 Å². The fraction of sp³-hybridized carbons (Fsp3) is 0.571. The van der Waals surface area contributed by atoms with Crippen LogP contribution in [0.3, 0.4) is 0 Å². The Hall–Kier alpha value is -0.370. The van der Waals surface area contributed by atoms with Crippen LogP contribution in [0.5, 0.6) is 0 Å². The van der Waals surface area contributed by atoms with Gasteiger partial charge in [-0.2, -0.15) is 0 Å². The van der Waals surface area contributed by atoms with Gasteiger partial charge in [0.05, 0.1) is 0 Å². The van der Waals surface area contributed by atoms with Crippen molar-refractivity contribution in [3.8, 4) is 0 Å². The summed E-state index contributed by atoms with van der Waals surface area (Å²) in [6, 6.07) is 0. The third kappa shape index (κ3) is 5.50. The quantitative estimate of drug-likeness (QED) is 0.555. The highest BCUT2D eigenvalue weighted by molar-refractivity contribution is 7.96. The number of allylic oxidation sites excluding steroid dienone is 2. The van der Waals surface area contributed by atoms with Crippen LogP contribution in [-0.4, -0.2) is 5.12 Å². The summed E-state index contributed by atoms with van der Waals surface area (Å²) in [5, 5.41) is -0.178. The van der Waals surface area contributed by atoms with Gasteiger partial charge in [-0.3, -0.25) is 4.79 Å². The summed E-state index contributed by atoms with van der Waals surface area (Å²) in [6.45, 7) is 4.05. The molecule has 0 fully saturated rings. The summed E-state index contributed by atoms with van der Waals surface area (Å²) in [6.07, 6.45) is 3.30. The zero-order valence-corrected chi connectivity index (χ0v) is 6.62. The molecule has 0 heterocycles. The Bertz CT molecular complexity index is 127. The standard InChI is InChI=1S/C7H11OS/c1-3-6(2)4-5-7(8)9/h4H,3,5H2,1-2H3. The molecule has 9 heavy (non-hydrogen) atoms. The van der Waals surface area contributed by atoms with Crippen molar-refractivity contribution in [1.82, 2.24) is 0 Å². The maximum atomic E-state index is 10.2. The Balaban J connectivity index is 3.56. The van der Waals surface area contributed by atoms with Crippen molar-refractivity contribution >= 4 is 17.7 Å². The molecule has 0 aliphatic heterocycles. The lowest BCUT2D eigenvalue weighted by Gasteiger charge is -1.90. The number of rotatable bonds is 3. The van der Waals surface area contributed by atoms with E-state index in [-0.39, 0.29) is 5.12 Å². The van der Waals surface area contributed by atoms with Crippen LogP contribution in [0.4, 0.5) is 0 Å². The molecular formula is C7H11OS. The molecule has 1 radical (unpaired) electrons. The Labute approximate surface area is 61.6 Å². The van der Waals surface area contributed by atoms with E-state index in [0.717, 1.165) is 6.42 Å². The Kier molecular flexibility index (Phi) is 4.32. The fourth-order valence-corrected chi connectivity index (χ4v) is 0.485. The van der Waals surface area contributed by atoms with Gasteiger partial charge >= 0.3 is 0 Å². The highest BCUT2D eigenvalue weighted by Crippen LogP contribution is 2.00. The summed E-state index contributed by atoms with van der Waals surface area (Å²) < 4.78 is 0. The second-order valence-electron chi connectivity index (χ2n) is 1.98. The second kappa shape index (κ2) is 4.50. The molecule has 0 aromatic carbocycles. The molecule has 0 saturated carbocycles. The minimum atomic E-state index is -0.178. The van der Waals surface area contributed by atoms with Gasteiger partial charge in [0.15, 0.2) is 0 Å². The van der Waals surface area contributed by atoms with Gasteiger partial charge in [-0.05, 0) is 26.0 Å². The predicted molar refractivity (Wildman–Crippen MR) is 41.3 cm³/mol. The number of hydrogen-bond acceptors (Lipinski definition) is 1. The molecule has 0 N–H and O–H groups in total. The van der Waals surface area contributed by atoms with Crippen molar-refractivity contribution in [2.75, 3.05) is 0 Å². The molecule has 0 saturated heterocycles. The van der Waals surface area contributed by atoms with Crippen molar-refractivity contribution < 1.29 is 4.79 Å². The van der Waals surface area contributed by atoms with Crippen LogP contribution >= 0.6 is 12.6 Å². The van der Waals surface area contributed by atoms with Crippen LogP contribution < -0.4 is 0 Å². The lowest BCUT2D eigenvalue weighted by atomic mass is 10.2. The van der Waals surface area contributed by atoms with E-state index < -0.39 is 0 Å². The van der Waals surface area contributed by atoms with E-state index in [2.05, 4.69) is 19.6 Å². The minimum Gasteiger partial charge on any atom is -0.282 e. The Morgan fingerprint density at radius 3 is 2.56 bits per heavy atom. The van der Waals surface area contributed by atoms with Crippen LogP contribution in [0.2, 0.25) is 0 Å². The van der Waals surface area contributed by atoms with Crippen molar-refractivity contribution in [3.05, 3.63) is 11.6 Å². The van der Waals surface area contributed by atoms with Gasteiger partial charge in [0.25, 0.3) is 0 Å². The van der Waals surface area contributed by atoms with Crippen LogP contribution in [0.25, 0.3) is 0 Å². The second-order valence-corrected chi connectivity index (χ2v) is 2.44. The molecule has 0 aromatic heterocycles. The molecule has 0 aliphatic rings. The zero-order chi connectivity index (χ0) is 7.28. The fourth-order valence-electron chi connectivity index (χ4n) is 0.402. The highest BCUT2D eigenvalue weighted by Gasteiger charge is 1.90. The molecular weight excluding hydrogens is 132 g/mol. The molecule has 0 rings (SSSR count). The average molecular weight is 143 g/mol. The van der Waals surface area contributed by atoms with Gasteiger partial charge in [-0.25, -0.2) is 0 Å². The Morgan fingerprint density at radius 2 is 2.22 bits per heavy atom. The predicted octanol–water partition coefficient (Wildman–Crippen LogP) is 2.46. The molecule has 2 heteroatoms. The van der Waals surface area contributed by atoms with Crippen molar-refractivity contribution in [2.24, 2.45) is 0 Å². The van der Waals surface area contributed by atoms with E-state index >= 15 is 0 Å². The van der Waals surface area contributed by atoms with Gasteiger partial charge < -0.3 is 0 Å². The van der Waals surface area contributed by atoms with Gasteiger partial charge in [0.2, 0.25) is 5.12 Å². The summed E-state index contributed by atoms with van der Waals surface area (Å²) in [7, 11) is 0. The maximum absolute atomic E-state index is 10.2. The first-order valence-electron chi connectivity index (χ1n) is 3.02. The molecule has 51 valence electrons. The van der Waals surface area contributed by atoms with E-state index in [0.29, 0.717) is 6.42 Å². The summed E-state index contributed by atoms with van der Waals surface area (Å²) >= 11 is 4.36. The van der Waals surface area contributed by atoms with E-state index in [1.807, 2.05) is 13.0 Å². The van der Waals surface area contributed by atoms with Crippen LogP contribution in [-0.2, 0) is 4.79 Å². The third-order valence-electron chi connectivity index (χ3n) is 1.17. The molecule has 0 bridgehead atoms. The lowest BCUT2D eigenvalue weighted by molar-refractivity contribution is -0.110. The monoisotopic (exact) mass is 143 g/mol. The molecule has 0 aliphatic carbocycles. The first kappa shape index (κ1) is 8.63. The van der Waals surface area contributed by atoms with E-state index in [4.69, 9.17) is 0 Å². The first-order chi connectivity index (χ1) is 4.16. The molecule has 0 aromatic rings. The molecule has 0 amide bonds. The summed E-state index contributed by atoms with van der Waals surface area (Å²) in [5.41, 5.74) is 1.23. The SMILES string of the molecule is CCC(C)=CCC(=O)[S]. The van der Waals surface area contributed by atoms with Crippen molar-refractivity contribution in [2.45, 2.75) is 26.7 Å². The van der Waals surface area contributed by atoms with E-state index in [9.17, 15) is 4.79 Å². The van der Waals surface area contributed by atoms with Gasteiger partial charge in [-0.15, -0.1) is 0 Å². The highest BCUT2D eigenvalue weighted by atomic mass is 32.1. The lowest BCUT2D eigenvalue weighted by Crippen LogP contribution is -1.81. The van der Waals surface area contributed by atoms with Gasteiger partial charge in [0, 0.05) is 6.42 Å². The number of hydrogen-bond donors (Lipinski definition) is 0. The normalized spacial score (nSPS) is 11.6. The Morgan fingerprint density at radius 1 is 1.67 bits per heavy atom. The van der Waals surface area contributed by atoms with Crippen LogP contribution in [0.15, 0.2) is 11.6 Å². The molecule has 0 atom stereocenters. The summed E-state index contributed by atoms with van der Waals surface area (Å²) in [5.74, 6) is 0. The number of carbonyl (C=O) groups excluding carboxylic acids is 1. The first-order valence-corrected chi connectivity index (χ1v) is 3.43. The average Bonchev–Trinajstić information content (AvgIpc) is 1.83. The molecule has 0 spiro atoms. The topological polar surface area (TPSA) is 17.1 Å². The van der Waals surface area contributed by atoms with E-state index in [1.165, 1.54) is 5.57 Å². The maximum Gasteiger partial charge on any atom is 0.222 e. The van der Waals surface area contributed by atoms with Gasteiger partial charge in [0.1, 0.15) is 0 Å². The van der Waals surface area contributed by atoms with Crippen molar-refractivity contribution in [1.29, 1.82) is 0 Å². The van der Waals surface area contributed by atoms with Gasteiger partial charge in [-0.1, -0.05) is 18.6 Å². The largest absolute Gasteiger partial charge is 0.282 e. The summed E-state index contributed by atoms with van der Waals surface area (Å²) in [4.78, 5) is 10.2. The minimum absolute atomic E-state index is 0.178. The third-order valence-corrected chi connectivity index (χ3v) is 1.34. The molecule has 0 unspecified atom stereocenters. The molecule has 1 nitrogen and oxygen atoms in total. The smallest absolute Gasteiger partial charge is 0.222 e.